The number of H-pyrrole nitrogens is 1. The summed E-state index contributed by atoms with van der Waals surface area (Å²) in [5.74, 6) is 3.02. The molecule has 0 radical (unpaired) electrons. The maximum atomic E-state index is 5.92. The molecule has 0 bridgehead atoms. The summed E-state index contributed by atoms with van der Waals surface area (Å²) in [4.78, 5) is 6.74. The number of nitrogens with one attached hydrogen (secondary N) is 1. The summed E-state index contributed by atoms with van der Waals surface area (Å²) in [5.41, 5.74) is 0. The van der Waals surface area contributed by atoms with Crippen LogP contribution in [0.15, 0.2) is 24.3 Å². The van der Waals surface area contributed by atoms with Gasteiger partial charge in [-0.1, -0.05) is 12.1 Å². The van der Waals surface area contributed by atoms with Gasteiger partial charge in [0.05, 0.1) is 0 Å². The van der Waals surface area contributed by atoms with Gasteiger partial charge in [0.1, 0.15) is 6.61 Å². The number of aromatic amines is 1. The van der Waals surface area contributed by atoms with Crippen LogP contribution in [0.5, 0.6) is 11.5 Å². The van der Waals surface area contributed by atoms with E-state index >= 15 is 0 Å². The van der Waals surface area contributed by atoms with E-state index in [0.717, 1.165) is 36.4 Å². The Bertz CT molecular complexity index is 607. The van der Waals surface area contributed by atoms with Gasteiger partial charge >= 0.3 is 0 Å². The van der Waals surface area contributed by atoms with Crippen LogP contribution in [-0.2, 0) is 0 Å². The molecule has 1 saturated heterocycles. The average Bonchev–Trinajstić information content (AvgIpc) is 3.17. The summed E-state index contributed by atoms with van der Waals surface area (Å²) in [5, 5.41) is 7.26. The van der Waals surface area contributed by atoms with Gasteiger partial charge in [0.2, 0.25) is 5.95 Å². The van der Waals surface area contributed by atoms with Crippen LogP contribution in [0, 0.1) is 0 Å². The van der Waals surface area contributed by atoms with Crippen LogP contribution >= 0.6 is 0 Å². The molecule has 2 aliphatic rings. The lowest BCUT2D eigenvalue weighted by molar-refractivity contribution is 0.0853. The van der Waals surface area contributed by atoms with Crippen molar-refractivity contribution >= 4 is 5.95 Å². The highest BCUT2D eigenvalue weighted by atomic mass is 16.6. The third kappa shape index (κ3) is 1.97. The van der Waals surface area contributed by atoms with Gasteiger partial charge in [-0.3, -0.25) is 5.10 Å². The Morgan fingerprint density at radius 1 is 1.15 bits per heavy atom. The fourth-order valence-electron chi connectivity index (χ4n) is 2.62. The summed E-state index contributed by atoms with van der Waals surface area (Å²) >= 11 is 0. The first-order valence-electron chi connectivity index (χ1n) is 6.96. The summed E-state index contributed by atoms with van der Waals surface area (Å²) in [7, 11) is 0. The molecule has 0 amide bonds. The fourth-order valence-corrected chi connectivity index (χ4v) is 2.62. The molecule has 20 heavy (non-hydrogen) atoms. The van der Waals surface area contributed by atoms with E-state index in [-0.39, 0.29) is 6.10 Å². The predicted octanol–water partition coefficient (Wildman–Crippen LogP) is 1.92. The van der Waals surface area contributed by atoms with Crippen LogP contribution < -0.4 is 14.4 Å². The van der Waals surface area contributed by atoms with Crippen molar-refractivity contribution < 1.29 is 9.47 Å². The molecule has 6 heteroatoms. The quantitative estimate of drug-likeness (QED) is 0.905. The molecule has 1 aromatic heterocycles. The molecule has 0 saturated carbocycles. The van der Waals surface area contributed by atoms with E-state index in [1.54, 1.807) is 0 Å². The van der Waals surface area contributed by atoms with Gasteiger partial charge in [-0.05, 0) is 25.0 Å². The van der Waals surface area contributed by atoms with Crippen molar-refractivity contribution in [1.29, 1.82) is 0 Å². The number of ether oxygens (including phenoxy) is 2. The minimum Gasteiger partial charge on any atom is -0.485 e. The number of hydrogen-bond donors (Lipinski definition) is 1. The number of nitrogens with zero attached hydrogens (tertiary/aromatic N) is 3. The molecule has 2 aliphatic heterocycles. The van der Waals surface area contributed by atoms with Crippen molar-refractivity contribution in [3.63, 3.8) is 0 Å². The van der Waals surface area contributed by atoms with Crippen LogP contribution in [0.25, 0.3) is 0 Å². The van der Waals surface area contributed by atoms with Crippen LogP contribution in [0.4, 0.5) is 5.95 Å². The van der Waals surface area contributed by atoms with Crippen LogP contribution in [0.2, 0.25) is 0 Å². The van der Waals surface area contributed by atoms with Crippen molar-refractivity contribution in [3.8, 4) is 11.5 Å². The minimum atomic E-state index is -0.228. The molecular weight excluding hydrogens is 256 g/mol. The number of para-hydroxylation sites is 2. The minimum absolute atomic E-state index is 0.228. The number of aromatic nitrogens is 3. The lowest BCUT2D eigenvalue weighted by Gasteiger charge is -2.24. The van der Waals surface area contributed by atoms with E-state index in [9.17, 15) is 0 Å². The van der Waals surface area contributed by atoms with E-state index in [1.807, 2.05) is 24.3 Å². The molecule has 0 spiro atoms. The first-order valence-corrected chi connectivity index (χ1v) is 6.96. The zero-order valence-electron chi connectivity index (χ0n) is 11.1. The lowest BCUT2D eigenvalue weighted by atomic mass is 10.2. The standard InChI is InChI=1S/C14H16N4O2/c1-2-6-11-10(5-1)19-9-12(20-11)13-15-14(17-16-13)18-7-3-4-8-18/h1-2,5-6,12H,3-4,7-9H2,(H,15,16,17). The van der Waals surface area contributed by atoms with Gasteiger partial charge in [-0.2, -0.15) is 4.98 Å². The van der Waals surface area contributed by atoms with Gasteiger partial charge in [-0.15, -0.1) is 5.10 Å². The Kier molecular flexibility index (Phi) is 2.72. The molecule has 1 N–H and O–H groups in total. The molecule has 1 atom stereocenters. The van der Waals surface area contributed by atoms with Crippen molar-refractivity contribution in [1.82, 2.24) is 15.2 Å². The average molecular weight is 272 g/mol. The lowest BCUT2D eigenvalue weighted by Crippen LogP contribution is -2.23. The molecular formula is C14H16N4O2. The maximum absolute atomic E-state index is 5.92. The Hall–Kier alpha value is -2.24. The summed E-state index contributed by atoms with van der Waals surface area (Å²) in [6.07, 6.45) is 2.19. The molecule has 3 heterocycles. The second kappa shape index (κ2) is 4.70. The number of rotatable bonds is 2. The van der Waals surface area contributed by atoms with E-state index < -0.39 is 0 Å². The number of anilines is 1. The highest BCUT2D eigenvalue weighted by Crippen LogP contribution is 2.35. The van der Waals surface area contributed by atoms with Crippen LogP contribution in [0.3, 0.4) is 0 Å². The monoisotopic (exact) mass is 272 g/mol. The van der Waals surface area contributed by atoms with Gasteiger partial charge < -0.3 is 14.4 Å². The Morgan fingerprint density at radius 3 is 2.80 bits per heavy atom. The van der Waals surface area contributed by atoms with Crippen molar-refractivity contribution in [2.45, 2.75) is 18.9 Å². The van der Waals surface area contributed by atoms with Gasteiger partial charge in [0.15, 0.2) is 23.4 Å². The third-order valence-electron chi connectivity index (χ3n) is 3.69. The zero-order valence-corrected chi connectivity index (χ0v) is 11.1. The SMILES string of the molecule is c1ccc2c(c1)OCC(c1nc(N3CCCC3)n[nH]1)O2. The first kappa shape index (κ1) is 11.6. The Labute approximate surface area is 116 Å². The Balaban J connectivity index is 1.54. The predicted molar refractivity (Wildman–Crippen MR) is 73.1 cm³/mol. The smallest absolute Gasteiger partial charge is 0.244 e. The van der Waals surface area contributed by atoms with Crippen molar-refractivity contribution in [3.05, 3.63) is 30.1 Å². The fraction of sp³-hybridized carbons (Fsp3) is 0.429. The third-order valence-corrected chi connectivity index (χ3v) is 3.69. The van der Waals surface area contributed by atoms with Gasteiger partial charge in [0.25, 0.3) is 0 Å². The first-order chi connectivity index (χ1) is 9.90. The van der Waals surface area contributed by atoms with Crippen LogP contribution in [0.1, 0.15) is 24.8 Å². The molecule has 1 aromatic carbocycles. The summed E-state index contributed by atoms with van der Waals surface area (Å²) in [6, 6.07) is 7.67. The molecule has 104 valence electrons. The largest absolute Gasteiger partial charge is 0.485 e. The molecule has 6 nitrogen and oxygen atoms in total. The Morgan fingerprint density at radius 2 is 1.95 bits per heavy atom. The molecule has 2 aromatic rings. The number of hydrogen-bond acceptors (Lipinski definition) is 5. The van der Waals surface area contributed by atoms with Gasteiger partial charge in [-0.25, -0.2) is 0 Å². The molecule has 1 unspecified atom stereocenters. The second-order valence-corrected chi connectivity index (χ2v) is 5.08. The van der Waals surface area contributed by atoms with Crippen molar-refractivity contribution in [2.75, 3.05) is 24.6 Å². The highest BCUT2D eigenvalue weighted by molar-refractivity contribution is 5.41. The maximum Gasteiger partial charge on any atom is 0.244 e. The van der Waals surface area contributed by atoms with E-state index in [0.29, 0.717) is 6.61 Å². The number of benzene rings is 1. The molecule has 0 aliphatic carbocycles. The van der Waals surface area contributed by atoms with Crippen LogP contribution in [-0.4, -0.2) is 34.9 Å². The summed E-state index contributed by atoms with van der Waals surface area (Å²) in [6.45, 7) is 2.51. The summed E-state index contributed by atoms with van der Waals surface area (Å²) < 4.78 is 11.6. The van der Waals surface area contributed by atoms with E-state index in [1.165, 1.54) is 12.8 Å². The van der Waals surface area contributed by atoms with Gasteiger partial charge in [0, 0.05) is 13.1 Å². The highest BCUT2D eigenvalue weighted by Gasteiger charge is 2.26. The van der Waals surface area contributed by atoms with E-state index in [2.05, 4.69) is 20.1 Å². The zero-order chi connectivity index (χ0) is 13.4. The normalized spacial score (nSPS) is 21.2. The number of fused-ring (bicyclic) bond motifs is 1. The molecule has 4 rings (SSSR count). The van der Waals surface area contributed by atoms with Crippen molar-refractivity contribution in [2.24, 2.45) is 0 Å². The second-order valence-electron chi connectivity index (χ2n) is 5.08. The molecule has 1 fully saturated rings. The topological polar surface area (TPSA) is 63.3 Å². The van der Waals surface area contributed by atoms with E-state index in [4.69, 9.17) is 9.47 Å².